The van der Waals surface area contributed by atoms with Crippen LogP contribution in [0.1, 0.15) is 15.9 Å². The van der Waals surface area contributed by atoms with Crippen molar-refractivity contribution in [2.75, 3.05) is 7.11 Å². The molecule has 0 atom stereocenters. The molecule has 0 saturated heterocycles. The van der Waals surface area contributed by atoms with Crippen molar-refractivity contribution in [3.63, 3.8) is 0 Å². The Morgan fingerprint density at radius 3 is 2.69 bits per heavy atom. The predicted octanol–water partition coefficient (Wildman–Crippen LogP) is 1.54. The zero-order valence-electron chi connectivity index (χ0n) is 8.13. The first-order valence-electron chi connectivity index (χ1n) is 4.01. The number of hydrogen-bond donors (Lipinski definition) is 1. The SMILES string of the molecule is COC(=O)c1ccc(S)c(C#N)c1[N+](=O)[O-]. The number of esters is 1. The largest absolute Gasteiger partial charge is 0.465 e. The number of nitriles is 1. The Bertz CT molecular complexity index is 507. The number of nitro benzene ring substituents is 1. The number of carbonyl (C=O) groups excluding carboxylic acids is 1. The summed E-state index contributed by atoms with van der Waals surface area (Å²) in [5.74, 6) is -0.864. The minimum Gasteiger partial charge on any atom is -0.465 e. The van der Waals surface area contributed by atoms with Gasteiger partial charge in [-0.2, -0.15) is 5.26 Å². The van der Waals surface area contributed by atoms with E-state index >= 15 is 0 Å². The lowest BCUT2D eigenvalue weighted by atomic mass is 10.1. The Hall–Kier alpha value is -2.07. The molecule has 0 aliphatic rings. The molecule has 1 rings (SSSR count). The van der Waals surface area contributed by atoms with E-state index in [0.717, 1.165) is 7.11 Å². The maximum absolute atomic E-state index is 11.3. The number of nitrogens with zero attached hydrogens (tertiary/aromatic N) is 2. The smallest absolute Gasteiger partial charge is 0.344 e. The summed E-state index contributed by atoms with van der Waals surface area (Å²) in [6.07, 6.45) is 0. The summed E-state index contributed by atoms with van der Waals surface area (Å²) in [5, 5.41) is 19.6. The van der Waals surface area contributed by atoms with Crippen molar-refractivity contribution >= 4 is 24.3 Å². The summed E-state index contributed by atoms with van der Waals surface area (Å²) in [6.45, 7) is 0. The number of hydrogen-bond acceptors (Lipinski definition) is 6. The molecule has 1 aromatic carbocycles. The van der Waals surface area contributed by atoms with Gasteiger partial charge in [0.2, 0.25) is 0 Å². The Morgan fingerprint density at radius 1 is 1.62 bits per heavy atom. The molecular formula is C9H6N2O4S. The number of benzene rings is 1. The van der Waals surface area contributed by atoms with Crippen LogP contribution in [-0.4, -0.2) is 18.0 Å². The lowest BCUT2D eigenvalue weighted by molar-refractivity contribution is -0.385. The van der Waals surface area contributed by atoms with Crippen LogP contribution in [0.5, 0.6) is 0 Å². The van der Waals surface area contributed by atoms with E-state index < -0.39 is 16.6 Å². The van der Waals surface area contributed by atoms with E-state index in [2.05, 4.69) is 17.4 Å². The van der Waals surface area contributed by atoms with Crippen LogP contribution in [0.15, 0.2) is 17.0 Å². The van der Waals surface area contributed by atoms with Gasteiger partial charge < -0.3 is 4.74 Å². The summed E-state index contributed by atoms with van der Waals surface area (Å²) < 4.78 is 4.39. The molecule has 0 N–H and O–H groups in total. The van der Waals surface area contributed by atoms with Gasteiger partial charge in [-0.05, 0) is 12.1 Å². The van der Waals surface area contributed by atoms with E-state index in [1.165, 1.54) is 12.1 Å². The number of ether oxygens (including phenoxy) is 1. The lowest BCUT2D eigenvalue weighted by Gasteiger charge is -2.03. The van der Waals surface area contributed by atoms with Crippen LogP contribution in [0.4, 0.5) is 5.69 Å². The predicted molar refractivity (Wildman–Crippen MR) is 56.4 cm³/mol. The Morgan fingerprint density at radius 2 is 2.25 bits per heavy atom. The fourth-order valence-corrected chi connectivity index (χ4v) is 1.39. The van der Waals surface area contributed by atoms with Gasteiger partial charge in [0.1, 0.15) is 17.2 Å². The summed E-state index contributed by atoms with van der Waals surface area (Å²) in [4.78, 5) is 21.4. The van der Waals surface area contributed by atoms with E-state index in [4.69, 9.17) is 5.26 Å². The van der Waals surface area contributed by atoms with E-state index in [1.807, 2.05) is 0 Å². The zero-order valence-corrected chi connectivity index (χ0v) is 9.02. The van der Waals surface area contributed by atoms with E-state index in [-0.39, 0.29) is 16.0 Å². The van der Waals surface area contributed by atoms with Crippen molar-refractivity contribution in [1.29, 1.82) is 5.26 Å². The first kappa shape index (κ1) is 12.0. The second kappa shape index (κ2) is 4.63. The molecule has 0 aliphatic carbocycles. The van der Waals surface area contributed by atoms with Gasteiger partial charge >= 0.3 is 11.7 Å². The van der Waals surface area contributed by atoms with Gasteiger partial charge in [0.05, 0.1) is 12.0 Å². The molecule has 1 aromatic rings. The van der Waals surface area contributed by atoms with Crippen LogP contribution in [0, 0.1) is 21.4 Å². The Kier molecular flexibility index (Phi) is 3.48. The van der Waals surface area contributed by atoms with E-state index in [9.17, 15) is 14.9 Å². The van der Waals surface area contributed by atoms with Crippen LogP contribution in [0.25, 0.3) is 0 Å². The molecule has 0 spiro atoms. The maximum Gasteiger partial charge on any atom is 0.344 e. The molecule has 0 aliphatic heterocycles. The third-order valence-electron chi connectivity index (χ3n) is 1.86. The zero-order chi connectivity index (χ0) is 12.3. The van der Waals surface area contributed by atoms with Crippen molar-refractivity contribution in [3.8, 4) is 6.07 Å². The molecule has 6 nitrogen and oxygen atoms in total. The molecule has 0 amide bonds. The molecule has 0 radical (unpaired) electrons. The first-order valence-corrected chi connectivity index (χ1v) is 4.46. The highest BCUT2D eigenvalue weighted by molar-refractivity contribution is 7.80. The van der Waals surface area contributed by atoms with Gasteiger partial charge in [0, 0.05) is 4.90 Å². The topological polar surface area (TPSA) is 93.2 Å². The third kappa shape index (κ3) is 1.97. The van der Waals surface area contributed by atoms with Crippen molar-refractivity contribution in [1.82, 2.24) is 0 Å². The summed E-state index contributed by atoms with van der Waals surface area (Å²) in [7, 11) is 1.10. The first-order chi connectivity index (χ1) is 7.52. The molecular weight excluding hydrogens is 232 g/mol. The minimum absolute atomic E-state index is 0.141. The number of nitro groups is 1. The van der Waals surface area contributed by atoms with E-state index in [1.54, 1.807) is 6.07 Å². The van der Waals surface area contributed by atoms with Crippen LogP contribution < -0.4 is 0 Å². The molecule has 0 unspecified atom stereocenters. The van der Waals surface area contributed by atoms with Gasteiger partial charge in [0.25, 0.3) is 0 Å². The molecule has 0 aromatic heterocycles. The van der Waals surface area contributed by atoms with Crippen molar-refractivity contribution < 1.29 is 14.5 Å². The average molecular weight is 238 g/mol. The van der Waals surface area contributed by atoms with Gasteiger partial charge in [-0.15, -0.1) is 12.6 Å². The number of methoxy groups -OCH3 is 1. The highest BCUT2D eigenvalue weighted by atomic mass is 32.1. The minimum atomic E-state index is -0.864. The van der Waals surface area contributed by atoms with Crippen LogP contribution >= 0.6 is 12.6 Å². The van der Waals surface area contributed by atoms with Gasteiger partial charge in [-0.1, -0.05) is 0 Å². The highest BCUT2D eigenvalue weighted by Gasteiger charge is 2.26. The number of thiol groups is 1. The fraction of sp³-hybridized carbons (Fsp3) is 0.111. The summed E-state index contributed by atoms with van der Waals surface area (Å²) >= 11 is 3.91. The van der Waals surface area contributed by atoms with E-state index in [0.29, 0.717) is 0 Å². The highest BCUT2D eigenvalue weighted by Crippen LogP contribution is 2.28. The molecule has 0 heterocycles. The summed E-state index contributed by atoms with van der Waals surface area (Å²) in [5.41, 5.74) is -1.10. The molecule has 0 fully saturated rings. The summed E-state index contributed by atoms with van der Waals surface area (Å²) in [6, 6.07) is 4.17. The fourth-order valence-electron chi connectivity index (χ4n) is 1.16. The maximum atomic E-state index is 11.3. The standard InChI is InChI=1S/C9H6N2O4S/c1-15-9(12)5-2-3-7(16)6(4-10)8(5)11(13)14/h2-3,16H,1H3. The second-order valence-corrected chi connectivity index (χ2v) is 3.20. The third-order valence-corrected chi connectivity index (χ3v) is 2.23. The van der Waals surface area contributed by atoms with Gasteiger partial charge in [-0.25, -0.2) is 4.79 Å². The van der Waals surface area contributed by atoms with Gasteiger partial charge in [0.15, 0.2) is 0 Å². The van der Waals surface area contributed by atoms with Crippen molar-refractivity contribution in [2.24, 2.45) is 0 Å². The van der Waals surface area contributed by atoms with Crippen molar-refractivity contribution in [3.05, 3.63) is 33.4 Å². The molecule has 7 heteroatoms. The Balaban J connectivity index is 3.59. The van der Waals surface area contributed by atoms with Crippen LogP contribution in [-0.2, 0) is 4.74 Å². The van der Waals surface area contributed by atoms with Crippen LogP contribution in [0.3, 0.4) is 0 Å². The molecule has 0 saturated carbocycles. The van der Waals surface area contributed by atoms with Crippen LogP contribution in [0.2, 0.25) is 0 Å². The molecule has 82 valence electrons. The normalized spacial score (nSPS) is 9.31. The number of carbonyl (C=O) groups is 1. The monoisotopic (exact) mass is 238 g/mol. The lowest BCUT2D eigenvalue weighted by Crippen LogP contribution is -2.07. The van der Waals surface area contributed by atoms with Gasteiger partial charge in [-0.3, -0.25) is 10.1 Å². The second-order valence-electron chi connectivity index (χ2n) is 2.72. The molecule has 0 bridgehead atoms. The average Bonchev–Trinajstić information content (AvgIpc) is 2.27. The number of rotatable bonds is 2. The molecule has 16 heavy (non-hydrogen) atoms. The van der Waals surface area contributed by atoms with Crippen molar-refractivity contribution in [2.45, 2.75) is 4.90 Å². The quantitative estimate of drug-likeness (QED) is 0.365. The Labute approximate surface area is 96.0 Å².